The fourth-order valence-corrected chi connectivity index (χ4v) is 2.93. The molecule has 2 N–H and O–H groups in total. The number of hydrogen-bond donors (Lipinski definition) is 1. The Hall–Kier alpha value is -3.59. The van der Waals surface area contributed by atoms with Gasteiger partial charge in [0.05, 0.1) is 11.9 Å². The second-order valence-corrected chi connectivity index (χ2v) is 5.77. The number of nitrogens with zero attached hydrogens (tertiary/aromatic N) is 5. The largest absolute Gasteiger partial charge is 0.383 e. The molecule has 0 saturated heterocycles. The number of anilines is 1. The van der Waals surface area contributed by atoms with E-state index in [1.54, 1.807) is 6.20 Å². The molecule has 0 atom stereocenters. The van der Waals surface area contributed by atoms with Gasteiger partial charge in [-0.2, -0.15) is 10.4 Å². The normalized spacial score (nSPS) is 10.9. The average molecular weight is 328 g/mol. The van der Waals surface area contributed by atoms with E-state index in [2.05, 4.69) is 16.2 Å². The standard InChI is InChI=1S/C19H16N6/c1-2-25-12-14(10-22-25)16-8-18(23-19(21)17(16)9-20)13-7-15-5-3-4-6-24(15)11-13/h3-8,10-12H,2H2,1H3,(H2,21,23). The second kappa shape index (κ2) is 5.80. The number of nitriles is 1. The quantitative estimate of drug-likeness (QED) is 0.625. The van der Waals surface area contributed by atoms with E-state index in [9.17, 15) is 5.26 Å². The maximum absolute atomic E-state index is 9.50. The lowest BCUT2D eigenvalue weighted by atomic mass is 10.0. The Morgan fingerprint density at radius 2 is 2.08 bits per heavy atom. The van der Waals surface area contributed by atoms with Crippen molar-refractivity contribution in [2.45, 2.75) is 13.5 Å². The summed E-state index contributed by atoms with van der Waals surface area (Å²) in [5, 5.41) is 13.8. The van der Waals surface area contributed by atoms with E-state index in [0.717, 1.165) is 34.4 Å². The zero-order valence-electron chi connectivity index (χ0n) is 13.7. The highest BCUT2D eigenvalue weighted by Crippen LogP contribution is 2.31. The number of aryl methyl sites for hydroxylation is 1. The van der Waals surface area contributed by atoms with Gasteiger partial charge in [-0.05, 0) is 31.2 Å². The number of rotatable bonds is 3. The summed E-state index contributed by atoms with van der Waals surface area (Å²) in [5.41, 5.74) is 10.8. The topological polar surface area (TPSA) is 84.9 Å². The van der Waals surface area contributed by atoms with E-state index in [-0.39, 0.29) is 5.82 Å². The Labute approximate surface area is 144 Å². The molecule has 0 spiro atoms. The molecule has 0 unspecified atom stereocenters. The van der Waals surface area contributed by atoms with Crippen LogP contribution in [0.2, 0.25) is 0 Å². The molecular formula is C19H16N6. The summed E-state index contributed by atoms with van der Waals surface area (Å²) in [6, 6.07) is 12.1. The number of aromatic nitrogens is 4. The van der Waals surface area contributed by atoms with E-state index >= 15 is 0 Å². The zero-order valence-corrected chi connectivity index (χ0v) is 13.7. The number of pyridine rings is 2. The molecule has 0 amide bonds. The summed E-state index contributed by atoms with van der Waals surface area (Å²) in [7, 11) is 0. The predicted molar refractivity (Wildman–Crippen MR) is 96.7 cm³/mol. The molecule has 4 rings (SSSR count). The molecule has 0 fully saturated rings. The van der Waals surface area contributed by atoms with Crippen molar-refractivity contribution in [2.24, 2.45) is 0 Å². The minimum atomic E-state index is 0.231. The van der Waals surface area contributed by atoms with E-state index in [4.69, 9.17) is 5.73 Å². The third-order valence-corrected chi connectivity index (χ3v) is 4.23. The number of hydrogen-bond acceptors (Lipinski definition) is 4. The number of fused-ring (bicyclic) bond motifs is 1. The first-order valence-electron chi connectivity index (χ1n) is 8.00. The minimum Gasteiger partial charge on any atom is -0.383 e. The summed E-state index contributed by atoms with van der Waals surface area (Å²) in [6.07, 6.45) is 7.65. The molecule has 0 radical (unpaired) electrons. The Morgan fingerprint density at radius 1 is 1.20 bits per heavy atom. The molecule has 4 aromatic rings. The van der Waals surface area contributed by atoms with Crippen LogP contribution >= 0.6 is 0 Å². The highest BCUT2D eigenvalue weighted by Gasteiger charge is 2.15. The first-order valence-corrected chi connectivity index (χ1v) is 8.00. The molecule has 0 aliphatic rings. The van der Waals surface area contributed by atoms with Crippen molar-refractivity contribution < 1.29 is 0 Å². The fourth-order valence-electron chi connectivity index (χ4n) is 2.93. The van der Waals surface area contributed by atoms with Crippen LogP contribution in [0.3, 0.4) is 0 Å². The molecule has 6 heteroatoms. The van der Waals surface area contributed by atoms with Crippen LogP contribution in [-0.4, -0.2) is 19.2 Å². The lowest BCUT2D eigenvalue weighted by Crippen LogP contribution is -1.99. The van der Waals surface area contributed by atoms with Crippen LogP contribution in [-0.2, 0) is 6.54 Å². The van der Waals surface area contributed by atoms with E-state index in [1.165, 1.54) is 0 Å². The Balaban J connectivity index is 1.91. The summed E-state index contributed by atoms with van der Waals surface area (Å²) in [5.74, 6) is 0.231. The monoisotopic (exact) mass is 328 g/mol. The van der Waals surface area contributed by atoms with Gasteiger partial charge in [-0.1, -0.05) is 6.07 Å². The molecule has 122 valence electrons. The Morgan fingerprint density at radius 3 is 2.80 bits per heavy atom. The van der Waals surface area contributed by atoms with Crippen molar-refractivity contribution in [1.29, 1.82) is 5.26 Å². The van der Waals surface area contributed by atoms with Crippen LogP contribution in [0.5, 0.6) is 0 Å². The molecule has 4 heterocycles. The van der Waals surface area contributed by atoms with Crippen molar-refractivity contribution >= 4 is 11.3 Å². The minimum absolute atomic E-state index is 0.231. The van der Waals surface area contributed by atoms with Crippen molar-refractivity contribution in [2.75, 3.05) is 5.73 Å². The first kappa shape index (κ1) is 15.0. The third-order valence-electron chi connectivity index (χ3n) is 4.23. The first-order chi connectivity index (χ1) is 12.2. The SMILES string of the molecule is CCn1cc(-c2cc(-c3cc4ccccn4c3)nc(N)c2C#N)cn1. The van der Waals surface area contributed by atoms with Gasteiger partial charge in [-0.25, -0.2) is 4.98 Å². The van der Waals surface area contributed by atoms with Crippen LogP contribution < -0.4 is 5.73 Å². The lowest BCUT2D eigenvalue weighted by Gasteiger charge is -2.07. The van der Waals surface area contributed by atoms with Crippen LogP contribution in [0.1, 0.15) is 12.5 Å². The summed E-state index contributed by atoms with van der Waals surface area (Å²) >= 11 is 0. The zero-order chi connectivity index (χ0) is 17.4. The van der Waals surface area contributed by atoms with Crippen molar-refractivity contribution in [3.8, 4) is 28.5 Å². The van der Waals surface area contributed by atoms with E-state index < -0.39 is 0 Å². The summed E-state index contributed by atoms with van der Waals surface area (Å²) in [6.45, 7) is 2.78. The highest BCUT2D eigenvalue weighted by molar-refractivity contribution is 5.80. The molecule has 0 aliphatic carbocycles. The van der Waals surface area contributed by atoms with Gasteiger partial charge in [0.1, 0.15) is 17.5 Å². The molecule has 0 saturated carbocycles. The molecule has 4 aromatic heterocycles. The maximum Gasteiger partial charge on any atom is 0.142 e. The summed E-state index contributed by atoms with van der Waals surface area (Å²) < 4.78 is 3.85. The van der Waals surface area contributed by atoms with E-state index in [0.29, 0.717) is 5.56 Å². The van der Waals surface area contributed by atoms with Gasteiger partial charge < -0.3 is 10.1 Å². The van der Waals surface area contributed by atoms with Gasteiger partial charge in [-0.15, -0.1) is 0 Å². The van der Waals surface area contributed by atoms with Crippen molar-refractivity contribution in [3.05, 3.63) is 60.7 Å². The van der Waals surface area contributed by atoms with Gasteiger partial charge in [0, 0.05) is 47.3 Å². The number of nitrogens with two attached hydrogens (primary N) is 1. The number of nitrogen functional groups attached to an aromatic ring is 1. The van der Waals surface area contributed by atoms with Gasteiger partial charge in [0.15, 0.2) is 0 Å². The van der Waals surface area contributed by atoms with Gasteiger partial charge in [0.25, 0.3) is 0 Å². The van der Waals surface area contributed by atoms with Crippen LogP contribution in [0.15, 0.2) is 55.1 Å². The Bertz CT molecular complexity index is 1080. The molecule has 6 nitrogen and oxygen atoms in total. The van der Waals surface area contributed by atoms with Crippen molar-refractivity contribution in [3.63, 3.8) is 0 Å². The van der Waals surface area contributed by atoms with Crippen molar-refractivity contribution in [1.82, 2.24) is 19.2 Å². The van der Waals surface area contributed by atoms with Gasteiger partial charge in [-0.3, -0.25) is 4.68 Å². The van der Waals surface area contributed by atoms with Crippen LogP contribution in [0.4, 0.5) is 5.82 Å². The third kappa shape index (κ3) is 2.52. The second-order valence-electron chi connectivity index (χ2n) is 5.77. The molecule has 0 aliphatic heterocycles. The predicted octanol–water partition coefficient (Wildman–Crippen LogP) is 3.34. The molecule has 0 aromatic carbocycles. The van der Waals surface area contributed by atoms with Crippen LogP contribution in [0.25, 0.3) is 27.9 Å². The summed E-state index contributed by atoms with van der Waals surface area (Å²) in [4.78, 5) is 4.44. The van der Waals surface area contributed by atoms with Gasteiger partial charge in [0.2, 0.25) is 0 Å². The smallest absolute Gasteiger partial charge is 0.142 e. The Kier molecular flexibility index (Phi) is 3.47. The molecule has 0 bridgehead atoms. The highest BCUT2D eigenvalue weighted by atomic mass is 15.3. The molecule has 25 heavy (non-hydrogen) atoms. The van der Waals surface area contributed by atoms with Crippen LogP contribution in [0, 0.1) is 11.3 Å². The van der Waals surface area contributed by atoms with Gasteiger partial charge >= 0.3 is 0 Å². The maximum atomic E-state index is 9.50. The lowest BCUT2D eigenvalue weighted by molar-refractivity contribution is 0.660. The molecular weight excluding hydrogens is 312 g/mol. The fraction of sp³-hybridized carbons (Fsp3) is 0.105. The van der Waals surface area contributed by atoms with E-state index in [1.807, 2.05) is 64.9 Å². The average Bonchev–Trinajstić information content (AvgIpc) is 3.27.